The molecule has 1 amide bonds. The van der Waals surface area contributed by atoms with E-state index in [9.17, 15) is 9.18 Å². The molecule has 3 aliphatic rings. The third kappa shape index (κ3) is 4.12. The van der Waals surface area contributed by atoms with Gasteiger partial charge >= 0.3 is 0 Å². The molecule has 0 spiro atoms. The molecule has 2 saturated heterocycles. The Labute approximate surface area is 181 Å². The SMILES string of the molecule is N[C@@H]1CCN(c2ccc(N3CCc4cc(OC[C@@H]5CCCO5)ccc4C3=O)cc2F)C1. The van der Waals surface area contributed by atoms with Gasteiger partial charge in [0.1, 0.15) is 18.2 Å². The number of nitrogens with two attached hydrogens (primary N) is 1. The summed E-state index contributed by atoms with van der Waals surface area (Å²) in [5.41, 5.74) is 8.70. The highest BCUT2D eigenvalue weighted by Crippen LogP contribution is 2.31. The highest BCUT2D eigenvalue weighted by molar-refractivity contribution is 6.08. The second-order valence-electron chi connectivity index (χ2n) is 8.60. The van der Waals surface area contributed by atoms with Crippen molar-refractivity contribution in [2.75, 3.05) is 42.6 Å². The molecule has 164 valence electrons. The molecule has 2 atom stereocenters. The van der Waals surface area contributed by atoms with Crippen LogP contribution in [0, 0.1) is 5.82 Å². The number of halogens is 1. The average molecular weight is 426 g/mol. The molecule has 0 unspecified atom stereocenters. The van der Waals surface area contributed by atoms with Crippen LogP contribution in [0.4, 0.5) is 15.8 Å². The summed E-state index contributed by atoms with van der Waals surface area (Å²) in [4.78, 5) is 16.7. The Balaban J connectivity index is 1.29. The predicted octanol–water partition coefficient (Wildman–Crippen LogP) is 3.12. The van der Waals surface area contributed by atoms with Crippen molar-refractivity contribution >= 4 is 17.3 Å². The van der Waals surface area contributed by atoms with Gasteiger partial charge in [-0.1, -0.05) is 0 Å². The molecule has 3 aliphatic heterocycles. The van der Waals surface area contributed by atoms with Gasteiger partial charge in [0.15, 0.2) is 0 Å². The van der Waals surface area contributed by atoms with Crippen LogP contribution in [-0.2, 0) is 11.2 Å². The Kier molecular flexibility index (Phi) is 5.54. The normalized spacial score (nSPS) is 23.4. The number of amides is 1. The number of benzene rings is 2. The van der Waals surface area contributed by atoms with Crippen molar-refractivity contribution in [1.82, 2.24) is 0 Å². The number of hydrogen-bond donors (Lipinski definition) is 1. The van der Waals surface area contributed by atoms with E-state index < -0.39 is 0 Å². The molecular formula is C24H28FN3O3. The predicted molar refractivity (Wildman–Crippen MR) is 117 cm³/mol. The van der Waals surface area contributed by atoms with E-state index in [0.717, 1.165) is 43.7 Å². The quantitative estimate of drug-likeness (QED) is 0.797. The summed E-state index contributed by atoms with van der Waals surface area (Å²) >= 11 is 0. The fraction of sp³-hybridized carbons (Fsp3) is 0.458. The lowest BCUT2D eigenvalue weighted by Crippen LogP contribution is -2.37. The van der Waals surface area contributed by atoms with Crippen LogP contribution in [0.1, 0.15) is 35.2 Å². The van der Waals surface area contributed by atoms with E-state index in [-0.39, 0.29) is 23.9 Å². The highest BCUT2D eigenvalue weighted by atomic mass is 19.1. The lowest BCUT2D eigenvalue weighted by molar-refractivity contribution is 0.0679. The minimum absolute atomic E-state index is 0.0822. The Morgan fingerprint density at radius 3 is 2.81 bits per heavy atom. The van der Waals surface area contributed by atoms with Crippen LogP contribution < -0.4 is 20.3 Å². The fourth-order valence-corrected chi connectivity index (χ4v) is 4.69. The van der Waals surface area contributed by atoms with Crippen molar-refractivity contribution < 1.29 is 18.7 Å². The molecule has 2 fully saturated rings. The Hall–Kier alpha value is -2.64. The van der Waals surface area contributed by atoms with E-state index in [1.807, 2.05) is 29.2 Å². The molecule has 0 aliphatic carbocycles. The molecule has 3 heterocycles. The maximum atomic E-state index is 14.8. The number of nitrogens with zero attached hydrogens (tertiary/aromatic N) is 2. The first-order valence-electron chi connectivity index (χ1n) is 11.1. The summed E-state index contributed by atoms with van der Waals surface area (Å²) in [5.74, 6) is 0.333. The summed E-state index contributed by atoms with van der Waals surface area (Å²) in [6.45, 7) is 3.25. The first kappa shape index (κ1) is 20.3. The standard InChI is InChI=1S/C24H28FN3O3/c25-22-13-18(3-6-23(22)27-9-8-17(26)14-27)28-10-7-16-12-19(4-5-21(16)24(28)29)31-15-20-2-1-11-30-20/h3-6,12-13,17,20H,1-2,7-11,14-15,26H2/t17-,20+/m1/s1. The lowest BCUT2D eigenvalue weighted by Gasteiger charge is -2.29. The van der Waals surface area contributed by atoms with E-state index in [0.29, 0.717) is 43.1 Å². The van der Waals surface area contributed by atoms with E-state index in [4.69, 9.17) is 15.2 Å². The zero-order valence-corrected chi connectivity index (χ0v) is 17.6. The largest absolute Gasteiger partial charge is 0.491 e. The zero-order chi connectivity index (χ0) is 21.4. The van der Waals surface area contributed by atoms with Crippen LogP contribution >= 0.6 is 0 Å². The van der Waals surface area contributed by atoms with Gasteiger partial charge in [0.25, 0.3) is 5.91 Å². The third-order valence-corrected chi connectivity index (χ3v) is 6.43. The Bertz CT molecular complexity index is 977. The zero-order valence-electron chi connectivity index (χ0n) is 17.6. The number of rotatable bonds is 5. The van der Waals surface area contributed by atoms with Crippen LogP contribution in [0.3, 0.4) is 0 Å². The molecule has 31 heavy (non-hydrogen) atoms. The van der Waals surface area contributed by atoms with Crippen molar-refractivity contribution in [1.29, 1.82) is 0 Å². The van der Waals surface area contributed by atoms with Gasteiger partial charge in [-0.05, 0) is 67.6 Å². The van der Waals surface area contributed by atoms with E-state index in [1.165, 1.54) is 6.07 Å². The van der Waals surface area contributed by atoms with Gasteiger partial charge in [-0.25, -0.2) is 4.39 Å². The summed E-state index contributed by atoms with van der Waals surface area (Å²) in [5, 5.41) is 0. The van der Waals surface area contributed by atoms with Gasteiger partial charge in [0, 0.05) is 43.5 Å². The van der Waals surface area contributed by atoms with Crippen LogP contribution in [-0.4, -0.2) is 50.9 Å². The first-order valence-corrected chi connectivity index (χ1v) is 11.1. The van der Waals surface area contributed by atoms with Gasteiger partial charge in [0.05, 0.1) is 11.8 Å². The minimum Gasteiger partial charge on any atom is -0.491 e. The van der Waals surface area contributed by atoms with Crippen LogP contribution in [0.25, 0.3) is 0 Å². The molecular weight excluding hydrogens is 397 g/mol. The number of hydrogen-bond acceptors (Lipinski definition) is 5. The summed E-state index contributed by atoms with van der Waals surface area (Å²) in [6, 6.07) is 10.7. The molecule has 2 aromatic carbocycles. The number of fused-ring (bicyclic) bond motifs is 1. The summed E-state index contributed by atoms with van der Waals surface area (Å²) in [6.07, 6.45) is 3.82. The number of ether oxygens (including phenoxy) is 2. The smallest absolute Gasteiger partial charge is 0.258 e. The van der Waals surface area contributed by atoms with Gasteiger partial charge < -0.3 is 25.0 Å². The highest BCUT2D eigenvalue weighted by Gasteiger charge is 2.28. The molecule has 0 saturated carbocycles. The molecule has 0 bridgehead atoms. The van der Waals surface area contributed by atoms with E-state index in [1.54, 1.807) is 11.0 Å². The number of anilines is 2. The second kappa shape index (κ2) is 8.48. The molecule has 5 rings (SSSR count). The minimum atomic E-state index is -0.317. The van der Waals surface area contributed by atoms with Gasteiger partial charge in [0.2, 0.25) is 0 Å². The Morgan fingerprint density at radius 1 is 1.16 bits per heavy atom. The molecule has 0 aromatic heterocycles. The van der Waals surface area contributed by atoms with Crippen molar-refractivity contribution in [3.63, 3.8) is 0 Å². The number of carbonyl (C=O) groups is 1. The second-order valence-corrected chi connectivity index (χ2v) is 8.60. The first-order chi connectivity index (χ1) is 15.1. The molecule has 6 nitrogen and oxygen atoms in total. The number of carbonyl (C=O) groups excluding carboxylic acids is 1. The van der Waals surface area contributed by atoms with Crippen LogP contribution in [0.2, 0.25) is 0 Å². The summed E-state index contributed by atoms with van der Waals surface area (Å²) < 4.78 is 26.3. The van der Waals surface area contributed by atoms with Crippen molar-refractivity contribution in [3.8, 4) is 5.75 Å². The Morgan fingerprint density at radius 2 is 2.06 bits per heavy atom. The topological polar surface area (TPSA) is 68.0 Å². The fourth-order valence-electron chi connectivity index (χ4n) is 4.69. The van der Waals surface area contributed by atoms with E-state index in [2.05, 4.69) is 0 Å². The third-order valence-electron chi connectivity index (χ3n) is 6.43. The van der Waals surface area contributed by atoms with Gasteiger partial charge in [-0.15, -0.1) is 0 Å². The van der Waals surface area contributed by atoms with Crippen LogP contribution in [0.5, 0.6) is 5.75 Å². The monoisotopic (exact) mass is 425 g/mol. The lowest BCUT2D eigenvalue weighted by atomic mass is 9.98. The average Bonchev–Trinajstić information content (AvgIpc) is 3.44. The van der Waals surface area contributed by atoms with Crippen molar-refractivity contribution in [3.05, 3.63) is 53.3 Å². The molecule has 2 aromatic rings. The van der Waals surface area contributed by atoms with Crippen molar-refractivity contribution in [2.45, 2.75) is 37.8 Å². The van der Waals surface area contributed by atoms with Gasteiger partial charge in [-0.3, -0.25) is 4.79 Å². The van der Waals surface area contributed by atoms with Crippen molar-refractivity contribution in [2.24, 2.45) is 5.73 Å². The molecule has 2 N–H and O–H groups in total. The van der Waals surface area contributed by atoms with Crippen LogP contribution in [0.15, 0.2) is 36.4 Å². The summed E-state index contributed by atoms with van der Waals surface area (Å²) in [7, 11) is 0. The maximum Gasteiger partial charge on any atom is 0.258 e. The molecule has 0 radical (unpaired) electrons. The van der Waals surface area contributed by atoms with Gasteiger partial charge in [-0.2, -0.15) is 0 Å². The molecule has 7 heteroatoms. The maximum absolute atomic E-state index is 14.8. The van der Waals surface area contributed by atoms with E-state index >= 15 is 0 Å².